The van der Waals surface area contributed by atoms with Crippen molar-refractivity contribution in [3.8, 4) is 0 Å². The second-order valence-corrected chi connectivity index (χ2v) is 12.1. The summed E-state index contributed by atoms with van der Waals surface area (Å²) in [6.45, 7) is 5.82. The molecule has 1 aromatic rings. The molecule has 0 radical (unpaired) electrons. The summed E-state index contributed by atoms with van der Waals surface area (Å²) in [4.78, 5) is 0. The van der Waals surface area contributed by atoms with Crippen molar-refractivity contribution in [2.45, 2.75) is 200 Å². The topological polar surface area (TPSA) is 8.81 Å². The highest BCUT2D eigenvalue weighted by molar-refractivity contribution is 4.84. The van der Waals surface area contributed by atoms with Crippen LogP contribution in [0.1, 0.15) is 193 Å². The van der Waals surface area contributed by atoms with Crippen LogP contribution in [-0.4, -0.2) is 4.57 Å². The van der Waals surface area contributed by atoms with E-state index < -0.39 is 0 Å². The van der Waals surface area contributed by atoms with Crippen LogP contribution in [0.2, 0.25) is 0 Å². The first kappa shape index (κ1) is 34.2. The third-order valence-electron chi connectivity index (χ3n) is 8.47. The molecule has 2 nitrogen and oxygen atoms in total. The highest BCUT2D eigenvalue weighted by Crippen LogP contribution is 2.15. The van der Waals surface area contributed by atoms with E-state index in [1.807, 2.05) is 0 Å². The van der Waals surface area contributed by atoms with Crippen LogP contribution < -0.4 is 4.57 Å². The minimum Gasteiger partial charge on any atom is -0.237 e. The first-order valence-electron chi connectivity index (χ1n) is 17.3. The molecule has 0 aliphatic carbocycles. The van der Waals surface area contributed by atoms with Crippen molar-refractivity contribution in [1.29, 1.82) is 0 Å². The van der Waals surface area contributed by atoms with E-state index in [1.165, 1.54) is 192 Å². The summed E-state index contributed by atoms with van der Waals surface area (Å²) < 4.78 is 4.91. The zero-order chi connectivity index (χ0) is 26.7. The molecule has 0 saturated heterocycles. The Kier molecular flexibility index (Phi) is 24.8. The van der Waals surface area contributed by atoms with Gasteiger partial charge in [-0.25, -0.2) is 9.13 Å². The van der Waals surface area contributed by atoms with Crippen LogP contribution in [0.4, 0.5) is 0 Å². The molecule has 0 spiro atoms. The van der Waals surface area contributed by atoms with Crippen LogP contribution >= 0.6 is 0 Å². The molecule has 0 bridgehead atoms. The lowest BCUT2D eigenvalue weighted by Gasteiger charge is -2.05. The minimum absolute atomic E-state index is 1.21. The van der Waals surface area contributed by atoms with Gasteiger partial charge in [0.05, 0.1) is 13.6 Å². The number of unbranched alkanes of at least 4 members (excludes halogenated alkanes) is 25. The van der Waals surface area contributed by atoms with E-state index in [-0.39, 0.29) is 0 Å². The van der Waals surface area contributed by atoms with Crippen LogP contribution in [0.25, 0.3) is 0 Å². The number of hydrogen-bond acceptors (Lipinski definition) is 0. The van der Waals surface area contributed by atoms with Gasteiger partial charge in [-0.05, 0) is 19.3 Å². The molecule has 0 aliphatic rings. The van der Waals surface area contributed by atoms with E-state index in [2.05, 4.69) is 42.4 Å². The van der Waals surface area contributed by atoms with Gasteiger partial charge in [0.1, 0.15) is 12.4 Å². The van der Waals surface area contributed by atoms with E-state index in [1.54, 1.807) is 0 Å². The van der Waals surface area contributed by atoms with Crippen LogP contribution in [0.3, 0.4) is 0 Å². The SMILES string of the molecule is CCCCCCCCCCCCCCCCCCc1n(CCCCCCCCCCCCC)cc[n+]1C. The maximum atomic E-state index is 2.54. The molecule has 1 rings (SSSR count). The number of imidazole rings is 1. The Morgan fingerprint density at radius 2 is 0.784 bits per heavy atom. The normalized spacial score (nSPS) is 11.5. The largest absolute Gasteiger partial charge is 0.256 e. The molecule has 218 valence electrons. The Labute approximate surface area is 234 Å². The van der Waals surface area contributed by atoms with E-state index in [0.717, 1.165) is 0 Å². The molecule has 0 aromatic carbocycles. The molecule has 0 unspecified atom stereocenters. The van der Waals surface area contributed by atoms with Gasteiger partial charge in [0.25, 0.3) is 5.82 Å². The fourth-order valence-electron chi connectivity index (χ4n) is 5.86. The average Bonchev–Trinajstić information content (AvgIpc) is 3.25. The van der Waals surface area contributed by atoms with Gasteiger partial charge in [0.15, 0.2) is 0 Å². The molecule has 1 aromatic heterocycles. The monoisotopic (exact) mass is 518 g/mol. The molecule has 0 aliphatic heterocycles. The fraction of sp³-hybridized carbons (Fsp3) is 0.914. The smallest absolute Gasteiger partial charge is 0.237 e. The lowest BCUT2D eigenvalue weighted by atomic mass is 10.0. The van der Waals surface area contributed by atoms with Crippen LogP contribution in [0.5, 0.6) is 0 Å². The Bertz CT molecular complexity index is 576. The maximum absolute atomic E-state index is 2.54. The summed E-state index contributed by atoms with van der Waals surface area (Å²) in [5.74, 6) is 1.54. The van der Waals surface area contributed by atoms with Gasteiger partial charge in [0, 0.05) is 6.42 Å². The standard InChI is InChI=1S/C35H69N2/c1-4-6-8-10-12-14-16-17-18-19-20-21-23-25-27-29-31-35-36(3)33-34-37(35)32-30-28-26-24-22-15-13-11-9-7-5-2/h33-34H,4-32H2,1-3H3/q+1. The highest BCUT2D eigenvalue weighted by atomic mass is 15.1. The first-order chi connectivity index (χ1) is 18.3. The minimum atomic E-state index is 1.21. The quantitative estimate of drug-likeness (QED) is 0.0737. The number of aryl methyl sites for hydroxylation is 2. The van der Waals surface area contributed by atoms with Gasteiger partial charge in [-0.2, -0.15) is 0 Å². The van der Waals surface area contributed by atoms with Gasteiger partial charge < -0.3 is 0 Å². The second-order valence-electron chi connectivity index (χ2n) is 12.1. The number of rotatable bonds is 29. The number of hydrogen-bond donors (Lipinski definition) is 0. The lowest BCUT2D eigenvalue weighted by Crippen LogP contribution is -2.32. The Morgan fingerprint density at radius 3 is 1.16 bits per heavy atom. The van der Waals surface area contributed by atoms with Crippen molar-refractivity contribution in [1.82, 2.24) is 4.57 Å². The average molecular weight is 518 g/mol. The van der Waals surface area contributed by atoms with Gasteiger partial charge in [-0.15, -0.1) is 0 Å². The van der Waals surface area contributed by atoms with Crippen molar-refractivity contribution in [3.05, 3.63) is 18.2 Å². The predicted octanol–water partition coefficient (Wildman–Crippen LogP) is 11.4. The molecule has 37 heavy (non-hydrogen) atoms. The molecule has 2 heteroatoms. The van der Waals surface area contributed by atoms with Crippen molar-refractivity contribution in [2.24, 2.45) is 7.05 Å². The van der Waals surface area contributed by atoms with Crippen molar-refractivity contribution in [2.75, 3.05) is 0 Å². The summed E-state index contributed by atoms with van der Waals surface area (Å²) in [5.41, 5.74) is 0. The fourth-order valence-corrected chi connectivity index (χ4v) is 5.86. The molecule has 0 N–H and O–H groups in total. The predicted molar refractivity (Wildman–Crippen MR) is 165 cm³/mol. The summed E-state index contributed by atoms with van der Waals surface area (Å²) in [7, 11) is 2.23. The van der Waals surface area contributed by atoms with Gasteiger partial charge in [-0.3, -0.25) is 0 Å². The molecule has 0 fully saturated rings. The number of nitrogens with zero attached hydrogens (tertiary/aromatic N) is 2. The summed E-state index contributed by atoms with van der Waals surface area (Å²) in [6.07, 6.45) is 44.7. The van der Waals surface area contributed by atoms with Crippen molar-refractivity contribution < 1.29 is 4.57 Å². The third-order valence-corrected chi connectivity index (χ3v) is 8.47. The zero-order valence-electron chi connectivity index (χ0n) is 26.1. The first-order valence-corrected chi connectivity index (χ1v) is 17.3. The van der Waals surface area contributed by atoms with Gasteiger partial charge >= 0.3 is 0 Å². The lowest BCUT2D eigenvalue weighted by molar-refractivity contribution is -0.678. The molecule has 0 amide bonds. The van der Waals surface area contributed by atoms with Crippen LogP contribution in [0.15, 0.2) is 12.4 Å². The van der Waals surface area contributed by atoms with E-state index >= 15 is 0 Å². The zero-order valence-corrected chi connectivity index (χ0v) is 26.1. The van der Waals surface area contributed by atoms with Gasteiger partial charge in [-0.1, -0.05) is 168 Å². The maximum Gasteiger partial charge on any atom is 0.256 e. The highest BCUT2D eigenvalue weighted by Gasteiger charge is 2.13. The molecular formula is C35H69N2+. The van der Waals surface area contributed by atoms with Crippen molar-refractivity contribution in [3.63, 3.8) is 0 Å². The Morgan fingerprint density at radius 1 is 0.459 bits per heavy atom. The summed E-state index contributed by atoms with van der Waals surface area (Å²) >= 11 is 0. The van der Waals surface area contributed by atoms with Crippen molar-refractivity contribution >= 4 is 0 Å². The molecule has 1 heterocycles. The van der Waals surface area contributed by atoms with Crippen LogP contribution in [-0.2, 0) is 20.0 Å². The Hall–Kier alpha value is -0.790. The van der Waals surface area contributed by atoms with E-state index in [0.29, 0.717) is 0 Å². The van der Waals surface area contributed by atoms with Gasteiger partial charge in [0.2, 0.25) is 0 Å². The van der Waals surface area contributed by atoms with E-state index in [9.17, 15) is 0 Å². The molecule has 0 saturated carbocycles. The number of aromatic nitrogens is 2. The van der Waals surface area contributed by atoms with Crippen LogP contribution in [0, 0.1) is 0 Å². The third kappa shape index (κ3) is 20.8. The summed E-state index contributed by atoms with van der Waals surface area (Å²) in [6, 6.07) is 0. The van der Waals surface area contributed by atoms with E-state index in [4.69, 9.17) is 0 Å². The Balaban J connectivity index is 1.92. The summed E-state index contributed by atoms with van der Waals surface area (Å²) in [5, 5.41) is 0. The molecular weight excluding hydrogens is 448 g/mol. The molecule has 0 atom stereocenters. The second kappa shape index (κ2) is 26.8.